The minimum atomic E-state index is -3.87. The number of sulfonamides is 1. The maximum atomic E-state index is 11.8. The van der Waals surface area contributed by atoms with Gasteiger partial charge in [0.05, 0.1) is 0 Å². The van der Waals surface area contributed by atoms with Crippen molar-refractivity contribution in [3.63, 3.8) is 0 Å². The maximum absolute atomic E-state index is 11.8. The molecule has 92 valence electrons. The zero-order chi connectivity index (χ0) is 13.1. The number of aliphatic carboxylic acids is 1. The molecule has 8 heteroatoms. The standard InChI is InChI=1S/C9H10N2O4S2/c1-2-7(9(12)13)11-17(14,15)8-4-3-6(5-10)16-8/h3-4,7,11H,2H2,1H3,(H,12,13)/t7-/m1/s1. The summed E-state index contributed by atoms with van der Waals surface area (Å²) in [5.74, 6) is -1.23. The molecule has 17 heavy (non-hydrogen) atoms. The zero-order valence-electron chi connectivity index (χ0n) is 8.87. The van der Waals surface area contributed by atoms with Crippen LogP contribution in [0.15, 0.2) is 16.3 Å². The lowest BCUT2D eigenvalue weighted by Crippen LogP contribution is -2.39. The van der Waals surface area contributed by atoms with Crippen molar-refractivity contribution in [2.75, 3.05) is 0 Å². The molecule has 6 nitrogen and oxygen atoms in total. The Morgan fingerprint density at radius 1 is 1.65 bits per heavy atom. The number of carbonyl (C=O) groups is 1. The van der Waals surface area contributed by atoms with Crippen LogP contribution in [0.25, 0.3) is 0 Å². The van der Waals surface area contributed by atoms with Crippen LogP contribution in [-0.2, 0) is 14.8 Å². The Morgan fingerprint density at radius 2 is 2.29 bits per heavy atom. The van der Waals surface area contributed by atoms with Gasteiger partial charge in [-0.1, -0.05) is 6.92 Å². The van der Waals surface area contributed by atoms with Crippen molar-refractivity contribution in [2.24, 2.45) is 0 Å². The van der Waals surface area contributed by atoms with Gasteiger partial charge in [0.25, 0.3) is 10.0 Å². The molecule has 0 aliphatic heterocycles. The third-order valence-electron chi connectivity index (χ3n) is 1.96. The second-order valence-corrected chi connectivity index (χ2v) is 6.18. The van der Waals surface area contributed by atoms with Crippen LogP contribution in [0.2, 0.25) is 0 Å². The van der Waals surface area contributed by atoms with Gasteiger partial charge in [0.15, 0.2) is 0 Å². The van der Waals surface area contributed by atoms with Crippen molar-refractivity contribution in [1.29, 1.82) is 5.26 Å². The number of carboxylic acids is 1. The molecule has 2 N–H and O–H groups in total. The maximum Gasteiger partial charge on any atom is 0.321 e. The van der Waals surface area contributed by atoms with Crippen LogP contribution in [0.5, 0.6) is 0 Å². The zero-order valence-corrected chi connectivity index (χ0v) is 10.5. The van der Waals surface area contributed by atoms with Crippen LogP contribution in [0.1, 0.15) is 18.2 Å². The summed E-state index contributed by atoms with van der Waals surface area (Å²) in [6.07, 6.45) is 0.144. The smallest absolute Gasteiger partial charge is 0.321 e. The molecule has 1 heterocycles. The van der Waals surface area contributed by atoms with E-state index in [0.29, 0.717) is 0 Å². The molecular formula is C9H10N2O4S2. The predicted octanol–water partition coefficient (Wildman–Crippen LogP) is 0.761. The molecule has 0 amide bonds. The number of rotatable bonds is 5. The average molecular weight is 274 g/mol. The monoisotopic (exact) mass is 274 g/mol. The lowest BCUT2D eigenvalue weighted by atomic mass is 10.2. The number of nitriles is 1. The van der Waals surface area contributed by atoms with Gasteiger partial charge in [-0.25, -0.2) is 8.42 Å². The van der Waals surface area contributed by atoms with E-state index >= 15 is 0 Å². The van der Waals surface area contributed by atoms with Crippen molar-refractivity contribution in [2.45, 2.75) is 23.6 Å². The Labute approximate surface area is 103 Å². The van der Waals surface area contributed by atoms with Crippen molar-refractivity contribution in [3.8, 4) is 6.07 Å². The van der Waals surface area contributed by atoms with Crippen molar-refractivity contribution < 1.29 is 18.3 Å². The second-order valence-electron chi connectivity index (χ2n) is 3.15. The largest absolute Gasteiger partial charge is 0.480 e. The van der Waals surface area contributed by atoms with E-state index in [2.05, 4.69) is 4.72 Å². The normalized spacial score (nSPS) is 12.9. The molecule has 1 aromatic rings. The number of nitrogens with one attached hydrogen (secondary N) is 1. The van der Waals surface area contributed by atoms with E-state index in [0.717, 1.165) is 11.3 Å². The number of carboxylic acid groups (broad SMARTS) is 1. The van der Waals surface area contributed by atoms with Gasteiger partial charge in [0.1, 0.15) is 21.2 Å². The summed E-state index contributed by atoms with van der Waals surface area (Å²) >= 11 is 0.800. The number of hydrogen-bond acceptors (Lipinski definition) is 5. The topological polar surface area (TPSA) is 107 Å². The molecule has 0 spiro atoms. The summed E-state index contributed by atoms with van der Waals surface area (Å²) < 4.78 is 25.5. The highest BCUT2D eigenvalue weighted by atomic mass is 32.2. The molecular weight excluding hydrogens is 264 g/mol. The Morgan fingerprint density at radius 3 is 2.71 bits per heavy atom. The molecule has 1 atom stereocenters. The molecule has 0 aliphatic rings. The van der Waals surface area contributed by atoms with Crippen molar-refractivity contribution >= 4 is 27.3 Å². The van der Waals surface area contributed by atoms with Gasteiger partial charge in [-0.15, -0.1) is 11.3 Å². The first kappa shape index (κ1) is 13.6. The van der Waals surface area contributed by atoms with Gasteiger partial charge in [-0.05, 0) is 18.6 Å². The summed E-state index contributed by atoms with van der Waals surface area (Å²) in [4.78, 5) is 11.0. The van der Waals surface area contributed by atoms with Crippen LogP contribution in [0.3, 0.4) is 0 Å². The molecule has 1 rings (SSSR count). The Balaban J connectivity index is 2.96. The fraction of sp³-hybridized carbons (Fsp3) is 0.333. The highest BCUT2D eigenvalue weighted by Gasteiger charge is 2.25. The highest BCUT2D eigenvalue weighted by molar-refractivity contribution is 7.91. The van der Waals surface area contributed by atoms with Crippen molar-refractivity contribution in [1.82, 2.24) is 4.72 Å². The van der Waals surface area contributed by atoms with Crippen molar-refractivity contribution in [3.05, 3.63) is 17.0 Å². The van der Waals surface area contributed by atoms with E-state index in [9.17, 15) is 13.2 Å². The molecule has 0 aromatic carbocycles. The first-order valence-corrected chi connectivity index (χ1v) is 6.95. The van der Waals surface area contributed by atoms with E-state index in [1.807, 2.05) is 6.07 Å². The molecule has 1 aromatic heterocycles. The number of nitrogens with zero attached hydrogens (tertiary/aromatic N) is 1. The van der Waals surface area contributed by atoms with Gasteiger partial charge in [-0.3, -0.25) is 4.79 Å². The molecule has 0 bridgehead atoms. The van der Waals surface area contributed by atoms with E-state index in [-0.39, 0.29) is 15.5 Å². The Kier molecular flexibility index (Phi) is 4.22. The third kappa shape index (κ3) is 3.26. The predicted molar refractivity (Wildman–Crippen MR) is 61.1 cm³/mol. The number of hydrogen-bond donors (Lipinski definition) is 2. The molecule has 0 saturated heterocycles. The van der Waals surface area contributed by atoms with Crippen LogP contribution in [0, 0.1) is 11.3 Å². The molecule has 0 aliphatic carbocycles. The summed E-state index contributed by atoms with van der Waals surface area (Å²) in [5.41, 5.74) is 0. The van der Waals surface area contributed by atoms with E-state index < -0.39 is 22.0 Å². The average Bonchev–Trinajstić information content (AvgIpc) is 2.74. The van der Waals surface area contributed by atoms with E-state index in [1.165, 1.54) is 12.1 Å². The molecule has 0 saturated carbocycles. The summed E-state index contributed by atoms with van der Waals surface area (Å²) in [7, 11) is -3.87. The van der Waals surface area contributed by atoms with Crippen LogP contribution in [0.4, 0.5) is 0 Å². The van der Waals surface area contributed by atoms with Gasteiger partial charge in [-0.2, -0.15) is 9.98 Å². The van der Waals surface area contributed by atoms with Crippen LogP contribution >= 0.6 is 11.3 Å². The Hall–Kier alpha value is -1.43. The third-order valence-corrected chi connectivity index (χ3v) is 4.91. The molecule has 0 unspecified atom stereocenters. The lowest BCUT2D eigenvalue weighted by molar-refractivity contribution is -0.139. The van der Waals surface area contributed by atoms with Gasteiger partial charge >= 0.3 is 5.97 Å². The number of thiophene rings is 1. The Bertz CT molecular complexity index is 556. The fourth-order valence-electron chi connectivity index (χ4n) is 1.08. The summed E-state index contributed by atoms with van der Waals surface area (Å²) in [5, 5.41) is 17.3. The fourth-order valence-corrected chi connectivity index (χ4v) is 3.47. The summed E-state index contributed by atoms with van der Waals surface area (Å²) in [6.45, 7) is 1.57. The highest BCUT2D eigenvalue weighted by Crippen LogP contribution is 2.21. The minimum absolute atomic E-state index is 0.0613. The SMILES string of the molecule is CC[C@@H](NS(=O)(=O)c1ccc(C#N)s1)C(=O)O. The molecule has 0 fully saturated rings. The van der Waals surface area contributed by atoms with Crippen LogP contribution in [-0.4, -0.2) is 25.5 Å². The second kappa shape index (κ2) is 5.27. The minimum Gasteiger partial charge on any atom is -0.480 e. The first-order chi connectivity index (χ1) is 7.90. The lowest BCUT2D eigenvalue weighted by Gasteiger charge is -2.11. The first-order valence-electron chi connectivity index (χ1n) is 4.65. The summed E-state index contributed by atoms with van der Waals surface area (Å²) in [6, 6.07) is 3.31. The molecule has 0 radical (unpaired) electrons. The van der Waals surface area contributed by atoms with E-state index in [1.54, 1.807) is 6.92 Å². The van der Waals surface area contributed by atoms with Gasteiger partial charge < -0.3 is 5.11 Å². The quantitative estimate of drug-likeness (QED) is 0.824. The van der Waals surface area contributed by atoms with E-state index in [4.69, 9.17) is 10.4 Å². The van der Waals surface area contributed by atoms with Crippen LogP contribution < -0.4 is 4.72 Å². The van der Waals surface area contributed by atoms with Gasteiger partial charge in [0, 0.05) is 0 Å². The van der Waals surface area contributed by atoms with Gasteiger partial charge in [0.2, 0.25) is 0 Å².